The van der Waals surface area contributed by atoms with Crippen LogP contribution in [0.2, 0.25) is 0 Å². The smallest absolute Gasteiger partial charge is 0.158 e. The summed E-state index contributed by atoms with van der Waals surface area (Å²) < 4.78 is 5.28. The summed E-state index contributed by atoms with van der Waals surface area (Å²) >= 11 is 1.80. The molecule has 1 aliphatic carbocycles. The lowest BCUT2D eigenvalue weighted by atomic mass is 9.69. The second-order valence-electron chi connectivity index (χ2n) is 7.57. The molecular formula is C20H24N4OS. The van der Waals surface area contributed by atoms with E-state index < -0.39 is 0 Å². The molecule has 5 nitrogen and oxygen atoms in total. The Bertz CT molecular complexity index is 927. The molecule has 3 aromatic rings. The van der Waals surface area contributed by atoms with E-state index in [9.17, 15) is 0 Å². The molecule has 1 atom stereocenters. The molecule has 0 saturated heterocycles. The summed E-state index contributed by atoms with van der Waals surface area (Å²) in [6, 6.07) is 3.71. The van der Waals surface area contributed by atoms with E-state index in [-0.39, 0.29) is 0 Å². The van der Waals surface area contributed by atoms with Crippen molar-refractivity contribution < 1.29 is 4.42 Å². The lowest BCUT2D eigenvalue weighted by Crippen LogP contribution is -2.28. The normalized spacial score (nSPS) is 17.7. The first-order valence-electron chi connectivity index (χ1n) is 9.16. The molecule has 0 bridgehead atoms. The van der Waals surface area contributed by atoms with Crippen LogP contribution in [0.3, 0.4) is 0 Å². The predicted molar refractivity (Wildman–Crippen MR) is 107 cm³/mol. The Hall–Kier alpha value is -2.21. The van der Waals surface area contributed by atoms with Crippen molar-refractivity contribution in [1.29, 1.82) is 0 Å². The Morgan fingerprint density at radius 1 is 1.42 bits per heavy atom. The maximum atomic E-state index is 5.28. The van der Waals surface area contributed by atoms with Gasteiger partial charge in [0.1, 0.15) is 16.9 Å². The van der Waals surface area contributed by atoms with E-state index in [1.807, 2.05) is 12.1 Å². The number of hydrogen-bond donors (Lipinski definition) is 1. The second kappa shape index (κ2) is 6.83. The zero-order chi connectivity index (χ0) is 18.1. The Kier molecular flexibility index (Phi) is 4.53. The summed E-state index contributed by atoms with van der Waals surface area (Å²) in [6.07, 6.45) is 9.60. The van der Waals surface area contributed by atoms with E-state index in [1.165, 1.54) is 23.3 Å². The van der Waals surface area contributed by atoms with Crippen LogP contribution in [0.1, 0.15) is 49.8 Å². The van der Waals surface area contributed by atoms with Gasteiger partial charge in [-0.25, -0.2) is 9.97 Å². The first-order valence-corrected chi connectivity index (χ1v) is 9.98. The summed E-state index contributed by atoms with van der Waals surface area (Å²) in [5.41, 5.74) is 4.86. The molecule has 0 radical (unpaired) electrons. The topological polar surface area (TPSA) is 63.3 Å². The van der Waals surface area contributed by atoms with Crippen LogP contribution in [0.15, 0.2) is 34.2 Å². The van der Waals surface area contributed by atoms with Crippen LogP contribution in [0.25, 0.3) is 10.2 Å². The highest BCUT2D eigenvalue weighted by atomic mass is 32.1. The van der Waals surface area contributed by atoms with Crippen molar-refractivity contribution in [3.8, 4) is 0 Å². The number of fused-ring (bicyclic) bond motifs is 3. The number of rotatable bonds is 5. The van der Waals surface area contributed by atoms with Crippen LogP contribution in [0.4, 0.5) is 5.82 Å². The Labute approximate surface area is 157 Å². The molecule has 6 heteroatoms. The van der Waals surface area contributed by atoms with Gasteiger partial charge in [-0.1, -0.05) is 27.2 Å². The van der Waals surface area contributed by atoms with Gasteiger partial charge in [0.25, 0.3) is 0 Å². The van der Waals surface area contributed by atoms with Gasteiger partial charge in [-0.2, -0.15) is 5.10 Å². The third-order valence-corrected chi connectivity index (χ3v) is 6.96. The average Bonchev–Trinajstić information content (AvgIpc) is 3.28. The van der Waals surface area contributed by atoms with Crippen LogP contribution in [-0.4, -0.2) is 16.2 Å². The number of nitrogens with zero attached hydrogens (tertiary/aromatic N) is 3. The number of thiophene rings is 1. The minimum absolute atomic E-state index is 0.354. The number of furan rings is 1. The van der Waals surface area contributed by atoms with Crippen molar-refractivity contribution in [2.45, 2.75) is 46.5 Å². The molecule has 1 N–H and O–H groups in total. The molecule has 3 heterocycles. The number of nitrogens with one attached hydrogen (secondary N) is 1. The summed E-state index contributed by atoms with van der Waals surface area (Å²) in [6.45, 7) is 7.07. The van der Waals surface area contributed by atoms with Crippen LogP contribution < -0.4 is 5.43 Å². The molecule has 136 valence electrons. The zero-order valence-electron chi connectivity index (χ0n) is 15.5. The summed E-state index contributed by atoms with van der Waals surface area (Å²) in [7, 11) is 0. The van der Waals surface area contributed by atoms with E-state index in [1.54, 1.807) is 30.1 Å². The van der Waals surface area contributed by atoms with Gasteiger partial charge in [-0.15, -0.1) is 11.3 Å². The van der Waals surface area contributed by atoms with Gasteiger partial charge in [0.15, 0.2) is 5.82 Å². The Morgan fingerprint density at radius 2 is 2.31 bits per heavy atom. The Balaban J connectivity index is 1.67. The molecule has 3 aromatic heterocycles. The molecule has 26 heavy (non-hydrogen) atoms. The molecule has 4 rings (SSSR count). The Morgan fingerprint density at radius 3 is 3.08 bits per heavy atom. The molecule has 1 aliphatic rings. The molecule has 0 unspecified atom stereocenters. The standard InChI is InChI=1S/C20H24N4OS/c1-4-20(2,3)13-7-8-16-15(10-13)17-18(21-12-22-19(17)26-16)24-23-11-14-6-5-9-25-14/h5-6,9,11-13H,4,7-8,10H2,1-3H3,(H,21,22,24)/b23-11+/t13-/m0/s1. The molecule has 0 aromatic carbocycles. The first kappa shape index (κ1) is 17.2. The van der Waals surface area contributed by atoms with E-state index in [0.29, 0.717) is 17.1 Å². The zero-order valence-corrected chi connectivity index (χ0v) is 16.3. The van der Waals surface area contributed by atoms with Gasteiger partial charge in [0, 0.05) is 4.88 Å². The van der Waals surface area contributed by atoms with Gasteiger partial charge in [0.2, 0.25) is 0 Å². The quantitative estimate of drug-likeness (QED) is 0.492. The van der Waals surface area contributed by atoms with Gasteiger partial charge >= 0.3 is 0 Å². The van der Waals surface area contributed by atoms with Crippen LogP contribution >= 0.6 is 11.3 Å². The minimum atomic E-state index is 0.354. The van der Waals surface area contributed by atoms with E-state index in [0.717, 1.165) is 28.9 Å². The van der Waals surface area contributed by atoms with Crippen molar-refractivity contribution >= 4 is 33.6 Å². The third-order valence-electron chi connectivity index (χ3n) is 5.76. The molecule has 0 aliphatic heterocycles. The number of hydrazone groups is 1. The molecule has 0 amide bonds. The fourth-order valence-corrected chi connectivity index (χ4v) is 4.85. The highest BCUT2D eigenvalue weighted by molar-refractivity contribution is 7.19. The molecule has 0 saturated carbocycles. The third kappa shape index (κ3) is 3.14. The summed E-state index contributed by atoms with van der Waals surface area (Å²) in [5, 5.41) is 5.43. The SMILES string of the molecule is CCC(C)(C)[C@H]1CCc2sc3ncnc(N/N=C/c4ccco4)c3c2C1. The van der Waals surface area contributed by atoms with Crippen LogP contribution in [-0.2, 0) is 12.8 Å². The summed E-state index contributed by atoms with van der Waals surface area (Å²) in [5.74, 6) is 2.18. The fraction of sp³-hybridized carbons (Fsp3) is 0.450. The van der Waals surface area contributed by atoms with Gasteiger partial charge < -0.3 is 4.42 Å². The highest BCUT2D eigenvalue weighted by Gasteiger charge is 2.33. The van der Waals surface area contributed by atoms with Crippen LogP contribution in [0, 0.1) is 11.3 Å². The van der Waals surface area contributed by atoms with E-state index in [4.69, 9.17) is 4.42 Å². The highest BCUT2D eigenvalue weighted by Crippen LogP contribution is 2.45. The maximum Gasteiger partial charge on any atom is 0.158 e. The monoisotopic (exact) mass is 368 g/mol. The molecule has 0 spiro atoms. The van der Waals surface area contributed by atoms with Gasteiger partial charge in [-0.05, 0) is 48.3 Å². The second-order valence-corrected chi connectivity index (χ2v) is 8.66. The summed E-state index contributed by atoms with van der Waals surface area (Å²) in [4.78, 5) is 11.5. The predicted octanol–water partition coefficient (Wildman–Crippen LogP) is 5.27. The van der Waals surface area contributed by atoms with Gasteiger partial charge in [0.05, 0.1) is 17.9 Å². The van der Waals surface area contributed by atoms with E-state index >= 15 is 0 Å². The molecule has 0 fully saturated rings. The average molecular weight is 369 g/mol. The first-order chi connectivity index (χ1) is 12.6. The fourth-order valence-electron chi connectivity index (χ4n) is 3.67. The van der Waals surface area contributed by atoms with Crippen molar-refractivity contribution in [3.63, 3.8) is 0 Å². The van der Waals surface area contributed by atoms with E-state index in [2.05, 4.69) is 41.3 Å². The lowest BCUT2D eigenvalue weighted by Gasteiger charge is -2.36. The number of aryl methyl sites for hydroxylation is 1. The maximum absolute atomic E-state index is 5.28. The molecular weight excluding hydrogens is 344 g/mol. The van der Waals surface area contributed by atoms with Crippen molar-refractivity contribution in [2.75, 3.05) is 5.43 Å². The van der Waals surface area contributed by atoms with Crippen molar-refractivity contribution in [1.82, 2.24) is 9.97 Å². The van der Waals surface area contributed by atoms with Crippen molar-refractivity contribution in [2.24, 2.45) is 16.4 Å². The number of aromatic nitrogens is 2. The van der Waals surface area contributed by atoms with Crippen LogP contribution in [0.5, 0.6) is 0 Å². The minimum Gasteiger partial charge on any atom is -0.463 e. The lowest BCUT2D eigenvalue weighted by molar-refractivity contribution is 0.184. The number of hydrogen-bond acceptors (Lipinski definition) is 6. The van der Waals surface area contributed by atoms with Gasteiger partial charge in [-0.3, -0.25) is 5.43 Å². The largest absolute Gasteiger partial charge is 0.463 e. The van der Waals surface area contributed by atoms with Crippen molar-refractivity contribution in [3.05, 3.63) is 40.9 Å². The number of anilines is 1.